The molecule has 100 valence electrons. The Bertz CT molecular complexity index is 825. The van der Waals surface area contributed by atoms with Crippen LogP contribution in [0.25, 0.3) is 22.6 Å². The molecule has 0 amide bonds. The van der Waals surface area contributed by atoms with E-state index >= 15 is 0 Å². The molecule has 0 bridgehead atoms. The average Bonchev–Trinajstić information content (AvgIpc) is 2.81. The number of H-pyrrole nitrogens is 1. The van der Waals surface area contributed by atoms with Gasteiger partial charge in [0.25, 0.3) is 5.69 Å². The Labute approximate surface area is 113 Å². The molecule has 0 aliphatic heterocycles. The van der Waals surface area contributed by atoms with E-state index in [-0.39, 0.29) is 5.69 Å². The largest absolute Gasteiger partial charge is 0.398 e. The van der Waals surface area contributed by atoms with Crippen molar-refractivity contribution < 1.29 is 4.92 Å². The SMILES string of the molecule is Cc1ccc2[nH]c(-c3cc([N+](=O)[O-])ccc3N)nc2n1. The Morgan fingerprint density at radius 2 is 2.05 bits per heavy atom. The van der Waals surface area contributed by atoms with Crippen molar-refractivity contribution >= 4 is 22.5 Å². The van der Waals surface area contributed by atoms with Crippen molar-refractivity contribution in [2.45, 2.75) is 6.92 Å². The number of fused-ring (bicyclic) bond motifs is 1. The van der Waals surface area contributed by atoms with Gasteiger partial charge in [0, 0.05) is 29.1 Å². The maximum atomic E-state index is 10.8. The molecule has 0 aliphatic rings. The van der Waals surface area contributed by atoms with E-state index < -0.39 is 4.92 Å². The van der Waals surface area contributed by atoms with E-state index in [0.29, 0.717) is 22.7 Å². The van der Waals surface area contributed by atoms with Gasteiger partial charge in [-0.2, -0.15) is 0 Å². The molecule has 0 atom stereocenters. The predicted octanol–water partition coefficient (Wildman–Crippen LogP) is 2.42. The molecule has 0 aliphatic carbocycles. The molecule has 7 heteroatoms. The number of non-ortho nitro benzene ring substituents is 1. The number of hydrogen-bond acceptors (Lipinski definition) is 5. The molecule has 0 radical (unpaired) electrons. The lowest BCUT2D eigenvalue weighted by molar-refractivity contribution is -0.384. The Balaban J connectivity index is 2.19. The van der Waals surface area contributed by atoms with Crippen LogP contribution in [-0.4, -0.2) is 19.9 Å². The number of anilines is 1. The summed E-state index contributed by atoms with van der Waals surface area (Å²) in [5.41, 5.74) is 8.93. The van der Waals surface area contributed by atoms with Crippen LogP contribution in [-0.2, 0) is 0 Å². The summed E-state index contributed by atoms with van der Waals surface area (Å²) in [7, 11) is 0. The van der Waals surface area contributed by atoms with Crippen LogP contribution >= 0.6 is 0 Å². The molecule has 0 saturated carbocycles. The van der Waals surface area contributed by atoms with Crippen LogP contribution in [0.2, 0.25) is 0 Å². The minimum atomic E-state index is -0.464. The molecule has 1 aromatic carbocycles. The highest BCUT2D eigenvalue weighted by atomic mass is 16.6. The molecule has 3 aromatic rings. The number of aromatic nitrogens is 3. The standard InChI is InChI=1S/C13H11N5O2/c1-7-2-5-11-13(15-7)17-12(16-11)9-6-8(18(19)20)3-4-10(9)14/h2-6H,14H2,1H3,(H,15,16,17). The Kier molecular flexibility index (Phi) is 2.60. The topological polar surface area (TPSA) is 111 Å². The monoisotopic (exact) mass is 269 g/mol. The van der Waals surface area contributed by atoms with Gasteiger partial charge in [-0.3, -0.25) is 10.1 Å². The molecule has 2 heterocycles. The van der Waals surface area contributed by atoms with Crippen LogP contribution in [0.1, 0.15) is 5.69 Å². The summed E-state index contributed by atoms with van der Waals surface area (Å²) in [6.07, 6.45) is 0. The molecule has 7 nitrogen and oxygen atoms in total. The van der Waals surface area contributed by atoms with Gasteiger partial charge in [-0.05, 0) is 25.1 Å². The molecule has 0 saturated heterocycles. The molecule has 0 unspecified atom stereocenters. The van der Waals surface area contributed by atoms with Crippen molar-refractivity contribution in [2.75, 3.05) is 5.73 Å². The van der Waals surface area contributed by atoms with Crippen molar-refractivity contribution in [2.24, 2.45) is 0 Å². The number of aromatic amines is 1. The third-order valence-corrected chi connectivity index (χ3v) is 2.99. The fourth-order valence-corrected chi connectivity index (χ4v) is 1.98. The van der Waals surface area contributed by atoms with Crippen LogP contribution in [0, 0.1) is 17.0 Å². The summed E-state index contributed by atoms with van der Waals surface area (Å²) in [6.45, 7) is 1.87. The zero-order chi connectivity index (χ0) is 14.3. The first-order valence-corrected chi connectivity index (χ1v) is 5.92. The van der Waals surface area contributed by atoms with Gasteiger partial charge in [0.05, 0.1) is 10.4 Å². The number of nitrogens with two attached hydrogens (primary N) is 1. The van der Waals surface area contributed by atoms with Gasteiger partial charge >= 0.3 is 0 Å². The molecule has 0 spiro atoms. The van der Waals surface area contributed by atoms with Gasteiger partial charge < -0.3 is 10.7 Å². The van der Waals surface area contributed by atoms with Crippen molar-refractivity contribution in [1.29, 1.82) is 0 Å². The highest BCUT2D eigenvalue weighted by molar-refractivity contribution is 5.81. The highest BCUT2D eigenvalue weighted by Crippen LogP contribution is 2.29. The minimum absolute atomic E-state index is 0.0289. The second-order valence-corrected chi connectivity index (χ2v) is 4.44. The van der Waals surface area contributed by atoms with Crippen LogP contribution < -0.4 is 5.73 Å². The number of pyridine rings is 1. The number of nitrogen functional groups attached to an aromatic ring is 1. The van der Waals surface area contributed by atoms with Crippen LogP contribution in [0.4, 0.5) is 11.4 Å². The number of nitrogens with one attached hydrogen (secondary N) is 1. The quantitative estimate of drug-likeness (QED) is 0.421. The fourth-order valence-electron chi connectivity index (χ4n) is 1.98. The second kappa shape index (κ2) is 4.30. The Morgan fingerprint density at radius 3 is 2.80 bits per heavy atom. The number of aryl methyl sites for hydroxylation is 1. The Hall–Kier alpha value is -2.96. The molecule has 3 rings (SSSR count). The Morgan fingerprint density at radius 1 is 1.25 bits per heavy atom. The summed E-state index contributed by atoms with van der Waals surface area (Å²) in [5.74, 6) is 0.472. The van der Waals surface area contributed by atoms with E-state index in [4.69, 9.17) is 5.73 Å². The van der Waals surface area contributed by atoms with Crippen molar-refractivity contribution in [1.82, 2.24) is 15.0 Å². The lowest BCUT2D eigenvalue weighted by Crippen LogP contribution is -1.94. The molecule has 0 fully saturated rings. The minimum Gasteiger partial charge on any atom is -0.398 e. The molecular formula is C13H11N5O2. The zero-order valence-corrected chi connectivity index (χ0v) is 10.6. The third-order valence-electron chi connectivity index (χ3n) is 2.99. The normalized spacial score (nSPS) is 10.8. The summed E-state index contributed by atoms with van der Waals surface area (Å²) < 4.78 is 0. The molecule has 2 aromatic heterocycles. The van der Waals surface area contributed by atoms with Crippen molar-refractivity contribution in [3.63, 3.8) is 0 Å². The number of rotatable bonds is 2. The van der Waals surface area contributed by atoms with Crippen LogP contribution in [0.15, 0.2) is 30.3 Å². The smallest absolute Gasteiger partial charge is 0.270 e. The van der Waals surface area contributed by atoms with Crippen LogP contribution in [0.5, 0.6) is 0 Å². The van der Waals surface area contributed by atoms with Gasteiger partial charge in [-0.25, -0.2) is 9.97 Å². The van der Waals surface area contributed by atoms with Gasteiger partial charge in [-0.15, -0.1) is 0 Å². The highest BCUT2D eigenvalue weighted by Gasteiger charge is 2.14. The van der Waals surface area contributed by atoms with Crippen molar-refractivity contribution in [3.05, 3.63) is 46.1 Å². The van der Waals surface area contributed by atoms with E-state index in [9.17, 15) is 10.1 Å². The summed E-state index contributed by atoms with van der Waals surface area (Å²) in [5, 5.41) is 10.8. The third kappa shape index (κ3) is 1.95. The molecular weight excluding hydrogens is 258 g/mol. The van der Waals surface area contributed by atoms with Gasteiger partial charge in [-0.1, -0.05) is 0 Å². The molecule has 20 heavy (non-hydrogen) atoms. The van der Waals surface area contributed by atoms with E-state index in [0.717, 1.165) is 11.2 Å². The predicted molar refractivity (Wildman–Crippen MR) is 75.1 cm³/mol. The zero-order valence-electron chi connectivity index (χ0n) is 10.6. The van der Waals surface area contributed by atoms with E-state index in [1.54, 1.807) is 0 Å². The van der Waals surface area contributed by atoms with Crippen molar-refractivity contribution in [3.8, 4) is 11.4 Å². The lowest BCUT2D eigenvalue weighted by Gasteiger charge is -2.01. The molecule has 3 N–H and O–H groups in total. The van der Waals surface area contributed by atoms with E-state index in [1.807, 2.05) is 19.1 Å². The first kappa shape index (κ1) is 12.1. The van der Waals surface area contributed by atoms with Gasteiger partial charge in [0.15, 0.2) is 5.65 Å². The number of nitrogens with zero attached hydrogens (tertiary/aromatic N) is 3. The fraction of sp³-hybridized carbons (Fsp3) is 0.0769. The van der Waals surface area contributed by atoms with Crippen LogP contribution in [0.3, 0.4) is 0 Å². The number of imidazole rings is 1. The number of nitro benzene ring substituents is 1. The number of nitro groups is 1. The second-order valence-electron chi connectivity index (χ2n) is 4.44. The lowest BCUT2D eigenvalue weighted by atomic mass is 10.1. The van der Waals surface area contributed by atoms with Gasteiger partial charge in [0.2, 0.25) is 0 Å². The number of hydrogen-bond donors (Lipinski definition) is 2. The first-order valence-electron chi connectivity index (χ1n) is 5.92. The average molecular weight is 269 g/mol. The number of benzene rings is 1. The summed E-state index contributed by atoms with van der Waals surface area (Å²) in [4.78, 5) is 22.1. The first-order chi connectivity index (χ1) is 9.54. The van der Waals surface area contributed by atoms with E-state index in [2.05, 4.69) is 15.0 Å². The maximum Gasteiger partial charge on any atom is 0.270 e. The van der Waals surface area contributed by atoms with Gasteiger partial charge in [0.1, 0.15) is 5.82 Å². The summed E-state index contributed by atoms with van der Waals surface area (Å²) in [6, 6.07) is 7.99. The summed E-state index contributed by atoms with van der Waals surface area (Å²) >= 11 is 0. The maximum absolute atomic E-state index is 10.8. The van der Waals surface area contributed by atoms with E-state index in [1.165, 1.54) is 18.2 Å².